The van der Waals surface area contributed by atoms with E-state index in [0.717, 1.165) is 11.1 Å². The first-order valence-corrected chi connectivity index (χ1v) is 15.0. The molecule has 2 saturated heterocycles. The molecule has 3 amide bonds. The van der Waals surface area contributed by atoms with E-state index < -0.39 is 28.0 Å². The van der Waals surface area contributed by atoms with Crippen molar-refractivity contribution in [2.24, 2.45) is 0 Å². The molecule has 2 aromatic rings. The number of carbonyl (C=O) groups excluding carboxylic acids is 3. The molecule has 2 aromatic heterocycles. The Kier molecular flexibility index (Phi) is 8.45. The molecule has 2 N–H and O–H groups in total. The van der Waals surface area contributed by atoms with Crippen LogP contribution in [-0.4, -0.2) is 72.6 Å². The van der Waals surface area contributed by atoms with E-state index in [1.54, 1.807) is 12.1 Å². The second-order valence-corrected chi connectivity index (χ2v) is 12.8. The second-order valence-electron chi connectivity index (χ2n) is 8.59. The van der Waals surface area contributed by atoms with Gasteiger partial charge >= 0.3 is 0 Å². The smallest absolute Gasteiger partial charge is 0.248 e. The molecule has 36 heavy (non-hydrogen) atoms. The van der Waals surface area contributed by atoms with Crippen LogP contribution in [0.1, 0.15) is 36.3 Å². The van der Waals surface area contributed by atoms with Crippen molar-refractivity contribution >= 4 is 73.2 Å². The summed E-state index contributed by atoms with van der Waals surface area (Å²) in [4.78, 5) is 46.6. The van der Waals surface area contributed by atoms with Gasteiger partial charge in [-0.05, 0) is 50.8 Å². The average molecular weight is 572 g/mol. The summed E-state index contributed by atoms with van der Waals surface area (Å²) in [5.74, 6) is -1.09. The highest BCUT2D eigenvalue weighted by Gasteiger charge is 2.37. The Labute approximate surface area is 222 Å². The number of thiophene rings is 1. The van der Waals surface area contributed by atoms with Crippen LogP contribution in [0.2, 0.25) is 4.34 Å². The zero-order valence-corrected chi connectivity index (χ0v) is 22.7. The first-order chi connectivity index (χ1) is 17.1. The molecule has 4 heterocycles. The maximum absolute atomic E-state index is 13.1. The third-order valence-electron chi connectivity index (χ3n) is 5.89. The molecule has 10 nitrogen and oxygen atoms in total. The van der Waals surface area contributed by atoms with Crippen molar-refractivity contribution in [1.82, 2.24) is 19.5 Å². The Morgan fingerprint density at radius 2 is 2.03 bits per heavy atom. The summed E-state index contributed by atoms with van der Waals surface area (Å²) in [5, 5.41) is 6.08. The van der Waals surface area contributed by atoms with Crippen molar-refractivity contribution in [1.29, 1.82) is 0 Å². The Hall–Kier alpha value is -2.32. The van der Waals surface area contributed by atoms with E-state index >= 15 is 0 Å². The molecule has 4 rings (SSSR count). The molecule has 0 bridgehead atoms. The van der Waals surface area contributed by atoms with Gasteiger partial charge in [0.1, 0.15) is 12.1 Å². The molecule has 2 fully saturated rings. The molecule has 2 atom stereocenters. The van der Waals surface area contributed by atoms with Crippen LogP contribution in [0.3, 0.4) is 0 Å². The van der Waals surface area contributed by atoms with Gasteiger partial charge in [0.25, 0.3) is 0 Å². The molecule has 0 spiro atoms. The number of nitrogens with zero attached hydrogens (tertiary/aromatic N) is 3. The van der Waals surface area contributed by atoms with Crippen LogP contribution in [0.5, 0.6) is 0 Å². The Morgan fingerprint density at radius 3 is 2.72 bits per heavy atom. The third kappa shape index (κ3) is 6.71. The summed E-state index contributed by atoms with van der Waals surface area (Å²) in [6.07, 6.45) is 3.51. The zero-order chi connectivity index (χ0) is 25.9. The lowest BCUT2D eigenvalue weighted by Gasteiger charge is -2.33. The molecular weight excluding hydrogens is 546 g/mol. The summed E-state index contributed by atoms with van der Waals surface area (Å²) in [5.41, 5.74) is 0.801. The SMILES string of the molecule is Cc1csc(NC(=O)[C@H]2CCCN2C(=O)CN2CCC[C@H](NS(=O)(=O)/C=C/c3ccc(Cl)s3)C2=O)n1. The van der Waals surface area contributed by atoms with Crippen molar-refractivity contribution in [3.8, 4) is 0 Å². The average Bonchev–Trinajstić information content (AvgIpc) is 3.56. The van der Waals surface area contributed by atoms with Gasteiger partial charge in [-0.25, -0.2) is 13.4 Å². The van der Waals surface area contributed by atoms with Crippen molar-refractivity contribution < 1.29 is 22.8 Å². The zero-order valence-electron chi connectivity index (χ0n) is 19.5. The number of halogens is 1. The largest absolute Gasteiger partial charge is 0.332 e. The fourth-order valence-electron chi connectivity index (χ4n) is 4.21. The lowest BCUT2D eigenvalue weighted by Crippen LogP contribution is -2.55. The molecule has 0 unspecified atom stereocenters. The van der Waals surface area contributed by atoms with Gasteiger partial charge in [0, 0.05) is 28.8 Å². The van der Waals surface area contributed by atoms with E-state index in [1.807, 2.05) is 12.3 Å². The summed E-state index contributed by atoms with van der Waals surface area (Å²) >= 11 is 8.42. The standard InChI is InChI=1S/C22H26ClN5O5S3/c1-14-13-34-22(24-14)25-20(30)17-5-3-10-28(17)19(29)12-27-9-2-4-16(21(27)31)26-36(32,33)11-8-15-6-7-18(23)35-15/h6-8,11,13,16-17,26H,2-5,9-10,12H2,1H3,(H,24,25,30)/b11-8+/t16-,17+/m0/s1. The quantitative estimate of drug-likeness (QED) is 0.501. The van der Waals surface area contributed by atoms with Crippen LogP contribution in [0.15, 0.2) is 22.9 Å². The number of thiazole rings is 1. The molecule has 194 valence electrons. The van der Waals surface area contributed by atoms with Crippen molar-refractivity contribution in [2.45, 2.75) is 44.7 Å². The first-order valence-electron chi connectivity index (χ1n) is 11.4. The summed E-state index contributed by atoms with van der Waals surface area (Å²) in [7, 11) is -3.89. The minimum Gasteiger partial charge on any atom is -0.332 e. The van der Waals surface area contributed by atoms with E-state index in [2.05, 4.69) is 15.0 Å². The van der Waals surface area contributed by atoms with Gasteiger partial charge in [0.2, 0.25) is 27.7 Å². The summed E-state index contributed by atoms with van der Waals surface area (Å²) in [6.45, 7) is 2.39. The number of nitrogens with one attached hydrogen (secondary N) is 2. The highest BCUT2D eigenvalue weighted by molar-refractivity contribution is 7.92. The molecule has 0 saturated carbocycles. The minimum atomic E-state index is -3.89. The minimum absolute atomic E-state index is 0.208. The normalized spacial score (nSPS) is 20.9. The number of rotatable bonds is 8. The van der Waals surface area contributed by atoms with Crippen LogP contribution in [0.25, 0.3) is 6.08 Å². The fraction of sp³-hybridized carbons (Fsp3) is 0.455. The van der Waals surface area contributed by atoms with Crippen LogP contribution >= 0.6 is 34.3 Å². The Morgan fingerprint density at radius 1 is 1.25 bits per heavy atom. The number of hydrogen-bond donors (Lipinski definition) is 2. The molecule has 14 heteroatoms. The van der Waals surface area contributed by atoms with Gasteiger partial charge in [0.15, 0.2) is 5.13 Å². The molecule has 0 aromatic carbocycles. The Bertz CT molecular complexity index is 1270. The predicted molar refractivity (Wildman–Crippen MR) is 140 cm³/mol. The summed E-state index contributed by atoms with van der Waals surface area (Å²) in [6, 6.07) is 1.77. The Balaban J connectivity index is 1.35. The van der Waals surface area contributed by atoms with Crippen LogP contribution in [-0.2, 0) is 24.4 Å². The van der Waals surface area contributed by atoms with Crippen molar-refractivity contribution in [2.75, 3.05) is 25.0 Å². The number of carbonyl (C=O) groups is 3. The number of aryl methyl sites for hydroxylation is 1. The number of amides is 3. The highest BCUT2D eigenvalue weighted by atomic mass is 35.5. The first kappa shape index (κ1) is 26.7. The number of anilines is 1. The molecule has 0 radical (unpaired) electrons. The highest BCUT2D eigenvalue weighted by Crippen LogP contribution is 2.24. The van der Waals surface area contributed by atoms with E-state index in [1.165, 1.54) is 38.5 Å². The number of likely N-dealkylation sites (tertiary alicyclic amines) is 2. The maximum atomic E-state index is 13.1. The topological polar surface area (TPSA) is 129 Å². The van der Waals surface area contributed by atoms with Gasteiger partial charge < -0.3 is 15.1 Å². The van der Waals surface area contributed by atoms with Gasteiger partial charge in [-0.2, -0.15) is 4.72 Å². The van der Waals surface area contributed by atoms with Crippen molar-refractivity contribution in [3.05, 3.63) is 37.8 Å². The number of sulfonamides is 1. The third-order valence-corrected chi connectivity index (χ3v) is 9.07. The number of hydrogen-bond acceptors (Lipinski definition) is 8. The van der Waals surface area contributed by atoms with Crippen LogP contribution in [0.4, 0.5) is 5.13 Å². The summed E-state index contributed by atoms with van der Waals surface area (Å²) < 4.78 is 28.0. The number of aromatic nitrogens is 1. The lowest BCUT2D eigenvalue weighted by molar-refractivity contribution is -0.144. The van der Waals surface area contributed by atoms with Gasteiger partial charge in [0.05, 0.1) is 16.6 Å². The predicted octanol–water partition coefficient (Wildman–Crippen LogP) is 2.68. The molecule has 0 aliphatic carbocycles. The molecule has 2 aliphatic rings. The lowest BCUT2D eigenvalue weighted by atomic mass is 10.1. The van der Waals surface area contributed by atoms with Gasteiger partial charge in [-0.1, -0.05) is 11.6 Å². The monoisotopic (exact) mass is 571 g/mol. The second kappa shape index (κ2) is 11.4. The van der Waals surface area contributed by atoms with Crippen LogP contribution in [0, 0.1) is 6.92 Å². The van der Waals surface area contributed by atoms with E-state index in [4.69, 9.17) is 11.6 Å². The molecular formula is C22H26ClN5O5S3. The van der Waals surface area contributed by atoms with E-state index in [-0.39, 0.29) is 18.4 Å². The molecule has 2 aliphatic heterocycles. The maximum Gasteiger partial charge on any atom is 0.248 e. The van der Waals surface area contributed by atoms with Crippen LogP contribution < -0.4 is 10.0 Å². The van der Waals surface area contributed by atoms with Crippen molar-refractivity contribution in [3.63, 3.8) is 0 Å². The van der Waals surface area contributed by atoms with Gasteiger partial charge in [-0.15, -0.1) is 22.7 Å². The van der Waals surface area contributed by atoms with E-state index in [0.29, 0.717) is 53.1 Å². The fourth-order valence-corrected chi connectivity index (χ4v) is 6.97. The number of piperidine rings is 1. The van der Waals surface area contributed by atoms with Gasteiger partial charge in [-0.3, -0.25) is 14.4 Å². The van der Waals surface area contributed by atoms with E-state index in [9.17, 15) is 22.8 Å².